The van der Waals surface area contributed by atoms with Crippen LogP contribution in [0.4, 0.5) is 4.79 Å². The molecule has 0 radical (unpaired) electrons. The Hall–Kier alpha value is -12.0. The lowest BCUT2D eigenvalue weighted by Crippen LogP contribution is -2.62. The molecule has 0 aromatic heterocycles. The van der Waals surface area contributed by atoms with Gasteiger partial charge in [0.15, 0.2) is 5.96 Å². The van der Waals surface area contributed by atoms with Crippen LogP contribution in [0.1, 0.15) is 68.2 Å². The fourth-order valence-electron chi connectivity index (χ4n) is 11.7. The summed E-state index contributed by atoms with van der Waals surface area (Å²) in [4.78, 5) is 167. The molecule has 7 aromatic rings. The molecule has 0 fully saturated rings. The molecule has 540 valence electrons. The largest absolute Gasteiger partial charge is 0.508 e. The Morgan fingerprint density at radius 1 is 0.480 bits per heavy atom. The molecule has 102 heavy (non-hydrogen) atoms. The van der Waals surface area contributed by atoms with Crippen LogP contribution in [-0.4, -0.2) is 167 Å². The number of hydrogen-bond acceptors (Lipinski definition) is 16. The Balaban J connectivity index is 1.08. The van der Waals surface area contributed by atoms with Crippen molar-refractivity contribution in [2.75, 3.05) is 20.2 Å². The molecule has 0 heterocycles. The van der Waals surface area contributed by atoms with Crippen LogP contribution in [-0.2, 0) is 78.4 Å². The Morgan fingerprint density at radius 3 is 1.51 bits per heavy atom. The predicted molar refractivity (Wildman–Crippen MR) is 378 cm³/mol. The van der Waals surface area contributed by atoms with E-state index >= 15 is 0 Å². The minimum absolute atomic E-state index is 0.00805. The van der Waals surface area contributed by atoms with E-state index in [9.17, 15) is 67.7 Å². The zero-order valence-electron chi connectivity index (χ0n) is 56.5. The van der Waals surface area contributed by atoms with Crippen molar-refractivity contribution in [3.05, 3.63) is 162 Å². The Labute approximate surface area is 586 Å². The van der Waals surface area contributed by atoms with Crippen molar-refractivity contribution in [2.45, 2.75) is 126 Å². The summed E-state index contributed by atoms with van der Waals surface area (Å²) in [7, 11) is 1.33. The minimum atomic E-state index is -1.94. The van der Waals surface area contributed by atoms with Crippen LogP contribution in [0.25, 0.3) is 32.3 Å². The number of aliphatic hydroxyl groups is 1. The van der Waals surface area contributed by atoms with Crippen LogP contribution in [0.5, 0.6) is 5.75 Å². The van der Waals surface area contributed by atoms with Crippen LogP contribution in [0.15, 0.2) is 140 Å². The van der Waals surface area contributed by atoms with E-state index in [2.05, 4.69) is 53.4 Å². The highest BCUT2D eigenvalue weighted by Gasteiger charge is 2.37. The van der Waals surface area contributed by atoms with Gasteiger partial charge in [-0.1, -0.05) is 141 Å². The number of hydrogen-bond donors (Lipinski definition) is 18. The summed E-state index contributed by atoms with van der Waals surface area (Å²) >= 11 is 0. The number of likely N-dealkylation sites (N-methyl/N-ethyl adjacent to an activating group) is 1. The number of urea groups is 1. The van der Waals surface area contributed by atoms with Gasteiger partial charge >= 0.3 is 6.03 Å². The van der Waals surface area contributed by atoms with Gasteiger partial charge in [-0.3, -0.25) is 63.6 Å². The number of primary amides is 3. The molecule has 31 heteroatoms. The number of carbonyl (C=O) groups excluding carboxylic acids is 12. The Bertz CT molecular complexity index is 4150. The van der Waals surface area contributed by atoms with E-state index in [4.69, 9.17) is 34.1 Å². The van der Waals surface area contributed by atoms with Crippen molar-refractivity contribution in [3.8, 4) is 5.75 Å². The normalized spacial score (nSPS) is 13.8. The number of phenolic OH excluding ortho intramolecular Hbond substituents is 1. The topological polar surface area (TPSA) is 523 Å². The summed E-state index contributed by atoms with van der Waals surface area (Å²) in [6, 6.07) is 24.6. The highest BCUT2D eigenvalue weighted by atomic mass is 16.3. The van der Waals surface area contributed by atoms with E-state index < -0.39 is 145 Å². The summed E-state index contributed by atoms with van der Waals surface area (Å²) in [5.74, 6) is -11.7. The van der Waals surface area contributed by atoms with Crippen LogP contribution < -0.4 is 82.1 Å². The third kappa shape index (κ3) is 22.3. The van der Waals surface area contributed by atoms with Gasteiger partial charge in [-0.15, -0.1) is 0 Å². The third-order valence-electron chi connectivity index (χ3n) is 16.9. The summed E-state index contributed by atoms with van der Waals surface area (Å²) < 4.78 is 0. The molecule has 0 spiro atoms. The number of aliphatic hydroxyl groups excluding tert-OH is 1. The third-order valence-corrected chi connectivity index (χ3v) is 16.9. The summed E-state index contributed by atoms with van der Waals surface area (Å²) in [5.41, 5.74) is 35.2. The van der Waals surface area contributed by atoms with Crippen molar-refractivity contribution in [1.82, 2.24) is 58.3 Å². The van der Waals surface area contributed by atoms with Gasteiger partial charge in [0.25, 0.3) is 5.91 Å². The fourth-order valence-corrected chi connectivity index (χ4v) is 11.7. The molecular weight excluding hydrogens is 1310 g/mol. The number of nitrogens with two attached hydrogens (primary N) is 5. The lowest BCUT2D eigenvalue weighted by Gasteiger charge is -2.32. The average Bonchev–Trinajstić information content (AvgIpc) is 0.741. The SMILES string of the molecule is CC(C)C[C@H](NC(=O)NNC(=O)[C@H](Cc1ccccc1)NC(=O)[C@H](CO)NC(=O)[C@H](CC(N)=O)NC(=O)[C@H](Cc1ccc2ccc3cccc4ccc1c2c34)NC(=O)[C@H](CC(N)=O)NC(=O)[C@H](N)Cc1ccc(O)cc1)C(=O)N(C)[C@@H](CCCNC(=N)N)C(=O)N[C@@H](Cc1ccccc1)C(N)=O. The fraction of sp³-hybridized carbons (Fsp3) is 0.338. The molecule has 7 rings (SSSR count). The van der Waals surface area contributed by atoms with Gasteiger partial charge in [0.05, 0.1) is 25.5 Å². The molecule has 0 saturated carbocycles. The van der Waals surface area contributed by atoms with Crippen LogP contribution in [0.3, 0.4) is 0 Å². The first kappa shape index (κ1) is 77.4. The molecule has 0 unspecified atom stereocenters. The second kappa shape index (κ2) is 36.7. The van der Waals surface area contributed by atoms with Gasteiger partial charge in [0, 0.05) is 32.9 Å². The van der Waals surface area contributed by atoms with E-state index in [1.807, 2.05) is 48.5 Å². The number of hydrazine groups is 1. The van der Waals surface area contributed by atoms with E-state index in [0.717, 1.165) is 31.8 Å². The van der Waals surface area contributed by atoms with Gasteiger partial charge in [-0.25, -0.2) is 10.2 Å². The van der Waals surface area contributed by atoms with Crippen molar-refractivity contribution in [1.29, 1.82) is 5.41 Å². The number of rotatable bonds is 36. The number of phenols is 1. The van der Waals surface area contributed by atoms with Crippen molar-refractivity contribution in [3.63, 3.8) is 0 Å². The van der Waals surface area contributed by atoms with Crippen LogP contribution in [0.2, 0.25) is 0 Å². The quantitative estimate of drug-likeness (QED) is 0.00726. The van der Waals surface area contributed by atoms with Gasteiger partial charge in [-0.2, -0.15) is 0 Å². The molecule has 0 aliphatic carbocycles. The van der Waals surface area contributed by atoms with Gasteiger partial charge in [0.1, 0.15) is 54.1 Å². The van der Waals surface area contributed by atoms with Crippen molar-refractivity contribution >= 4 is 109 Å². The molecule has 23 N–H and O–H groups in total. The van der Waals surface area contributed by atoms with Crippen molar-refractivity contribution in [2.24, 2.45) is 34.6 Å². The number of amides is 13. The molecule has 31 nitrogen and oxygen atoms in total. The second-order valence-corrected chi connectivity index (χ2v) is 25.2. The number of guanidine groups is 1. The Kier molecular flexibility index (Phi) is 27.9. The summed E-state index contributed by atoms with van der Waals surface area (Å²) in [6.45, 7) is 2.51. The van der Waals surface area contributed by atoms with E-state index in [1.165, 1.54) is 31.3 Å². The molecule has 0 aliphatic heterocycles. The maximum absolute atomic E-state index is 14.9. The number of nitrogens with one attached hydrogen (secondary N) is 11. The standard InChI is InChI=1S/C71H87N17O14/c1-38(2)30-54(69(101)88(3)56(18-11-29-78-70(76)77)68(100)79-49(61(75)93)32-39-12-6-4-7-13-39)85-71(102)87-86-67(99)50(33-40-14-8-5-9-15-40)81-66(98)55(37-89)84-65(97)53(36-58(74)92)83-63(95)51(34-45-24-23-44-22-21-42-16-10-17-43-25-28-47(45)60(44)59(42)43)82-64(96)52(35-57(73)91)80-62(94)48(72)31-41-19-26-46(90)27-20-41/h4-10,12-17,19-28,38,48-56,89-90H,11,18,29-37,72H2,1-3H3,(H2,73,91)(H2,74,92)(H2,75,93)(H,79,100)(H,80,94)(H,81,98)(H,82,96)(H,83,95)(H,84,97)(H,86,99)(H4,76,77,78)(H2,85,87,102)/t48-,49+,50+,51+,52+,53+,54+,55+,56+/m1/s1. The summed E-state index contributed by atoms with van der Waals surface area (Å²) in [5, 5.41) is 53.1. The van der Waals surface area contributed by atoms with Crippen LogP contribution >= 0.6 is 0 Å². The zero-order chi connectivity index (χ0) is 74.3. The van der Waals surface area contributed by atoms with Crippen LogP contribution in [0, 0.1) is 11.3 Å². The predicted octanol–water partition coefficient (Wildman–Crippen LogP) is -1.14. The lowest BCUT2D eigenvalue weighted by atomic mass is 9.90. The maximum atomic E-state index is 14.9. The maximum Gasteiger partial charge on any atom is 0.334 e. The van der Waals surface area contributed by atoms with Gasteiger partial charge < -0.3 is 86.3 Å². The molecule has 9 atom stereocenters. The molecule has 0 bridgehead atoms. The molecule has 0 saturated heterocycles. The second-order valence-electron chi connectivity index (χ2n) is 25.2. The monoisotopic (exact) mass is 1400 g/mol. The van der Waals surface area contributed by atoms with Gasteiger partial charge in [-0.05, 0) is 98.3 Å². The van der Waals surface area contributed by atoms with Gasteiger partial charge in [0.2, 0.25) is 59.1 Å². The molecule has 7 aromatic carbocycles. The number of aromatic hydroxyl groups is 1. The Morgan fingerprint density at radius 2 is 0.961 bits per heavy atom. The minimum Gasteiger partial charge on any atom is -0.508 e. The molecular formula is C71H87N17O14. The average molecular weight is 1400 g/mol. The smallest absolute Gasteiger partial charge is 0.334 e. The van der Waals surface area contributed by atoms with E-state index in [0.29, 0.717) is 27.6 Å². The zero-order valence-corrected chi connectivity index (χ0v) is 56.5. The first-order chi connectivity index (χ1) is 48.6. The highest BCUT2D eigenvalue weighted by Crippen LogP contribution is 2.36. The summed E-state index contributed by atoms with van der Waals surface area (Å²) in [6.07, 6.45) is -2.12. The lowest BCUT2D eigenvalue weighted by molar-refractivity contribution is -0.141. The molecule has 0 aliphatic rings. The highest BCUT2D eigenvalue weighted by molar-refractivity contribution is 6.23. The van der Waals surface area contributed by atoms with Crippen molar-refractivity contribution < 1.29 is 67.7 Å². The number of carbonyl (C=O) groups is 12. The number of benzene rings is 7. The number of nitrogens with zero attached hydrogens (tertiary/aromatic N) is 1. The van der Waals surface area contributed by atoms with E-state index in [1.54, 1.807) is 80.6 Å². The first-order valence-corrected chi connectivity index (χ1v) is 32.9. The molecule has 13 amide bonds. The van der Waals surface area contributed by atoms with E-state index in [-0.39, 0.29) is 69.1 Å². The first-order valence-electron chi connectivity index (χ1n) is 32.9.